The highest BCUT2D eigenvalue weighted by Crippen LogP contribution is 2.40. The molecule has 6 nitrogen and oxygen atoms in total. The smallest absolute Gasteiger partial charge is 0.242 e. The average molecular weight is 373 g/mol. The number of rotatable bonds is 5. The van der Waals surface area contributed by atoms with Gasteiger partial charge in [0.15, 0.2) is 0 Å². The Hall–Kier alpha value is -2.08. The Kier molecular flexibility index (Phi) is 5.75. The maximum Gasteiger partial charge on any atom is 0.242 e. The van der Waals surface area contributed by atoms with Gasteiger partial charge in [-0.3, -0.25) is 9.59 Å². The van der Waals surface area contributed by atoms with Crippen LogP contribution >= 0.6 is 0 Å². The number of benzene rings is 1. The summed E-state index contributed by atoms with van der Waals surface area (Å²) in [6.45, 7) is 4.91. The number of hydrogen-bond donors (Lipinski definition) is 0. The van der Waals surface area contributed by atoms with E-state index in [2.05, 4.69) is 11.9 Å². The summed E-state index contributed by atoms with van der Waals surface area (Å²) in [4.78, 5) is 31.2. The van der Waals surface area contributed by atoms with E-state index >= 15 is 0 Å². The number of amides is 2. The standard InChI is InChI=1S/C21H31N3O3/c1-16(17-7-5-6-8-18(17)27-4)23(3)20(26)14-24-15-21(13-19(24)25)9-11-22(2)12-10-21/h5-8,16H,9-15H2,1-4H3/t16-/m0/s1. The molecule has 6 heteroatoms. The van der Waals surface area contributed by atoms with E-state index in [-0.39, 0.29) is 29.8 Å². The molecule has 0 unspecified atom stereocenters. The highest BCUT2D eigenvalue weighted by Gasteiger charge is 2.45. The summed E-state index contributed by atoms with van der Waals surface area (Å²) in [5.74, 6) is 0.852. The fourth-order valence-electron chi connectivity index (χ4n) is 4.26. The van der Waals surface area contributed by atoms with Gasteiger partial charge in [0.2, 0.25) is 11.8 Å². The van der Waals surface area contributed by atoms with Gasteiger partial charge in [0.25, 0.3) is 0 Å². The van der Waals surface area contributed by atoms with Crippen LogP contribution in [0.15, 0.2) is 24.3 Å². The fourth-order valence-corrected chi connectivity index (χ4v) is 4.26. The van der Waals surface area contributed by atoms with Crippen molar-refractivity contribution in [3.63, 3.8) is 0 Å². The van der Waals surface area contributed by atoms with Crippen molar-refractivity contribution < 1.29 is 14.3 Å². The molecule has 148 valence electrons. The highest BCUT2D eigenvalue weighted by molar-refractivity contribution is 5.86. The van der Waals surface area contributed by atoms with Crippen LogP contribution in [-0.2, 0) is 9.59 Å². The molecule has 27 heavy (non-hydrogen) atoms. The molecule has 1 aromatic carbocycles. The molecule has 1 spiro atoms. The third kappa shape index (κ3) is 4.10. The summed E-state index contributed by atoms with van der Waals surface area (Å²) in [6.07, 6.45) is 2.65. The number of methoxy groups -OCH3 is 1. The minimum Gasteiger partial charge on any atom is -0.496 e. The fraction of sp³-hybridized carbons (Fsp3) is 0.619. The first-order valence-corrected chi connectivity index (χ1v) is 9.70. The van der Waals surface area contributed by atoms with Crippen molar-refractivity contribution in [2.45, 2.75) is 32.2 Å². The third-order valence-corrected chi connectivity index (χ3v) is 6.34. The van der Waals surface area contributed by atoms with Crippen LogP contribution in [0.1, 0.15) is 37.8 Å². The van der Waals surface area contributed by atoms with Gasteiger partial charge >= 0.3 is 0 Å². The molecule has 3 rings (SSSR count). The van der Waals surface area contributed by atoms with E-state index < -0.39 is 0 Å². The largest absolute Gasteiger partial charge is 0.496 e. The van der Waals surface area contributed by atoms with Crippen molar-refractivity contribution in [1.82, 2.24) is 14.7 Å². The van der Waals surface area contributed by atoms with Gasteiger partial charge in [-0.25, -0.2) is 0 Å². The molecule has 1 atom stereocenters. The number of nitrogens with zero attached hydrogens (tertiary/aromatic N) is 3. The second kappa shape index (κ2) is 7.89. The van der Waals surface area contributed by atoms with Crippen molar-refractivity contribution in [2.75, 3.05) is 47.4 Å². The van der Waals surface area contributed by atoms with Crippen molar-refractivity contribution >= 4 is 11.8 Å². The van der Waals surface area contributed by atoms with Gasteiger partial charge < -0.3 is 19.4 Å². The van der Waals surface area contributed by atoms with Gasteiger partial charge in [-0.2, -0.15) is 0 Å². The van der Waals surface area contributed by atoms with E-state index in [9.17, 15) is 9.59 Å². The van der Waals surface area contributed by atoms with Gasteiger partial charge in [0.1, 0.15) is 5.75 Å². The molecule has 0 saturated carbocycles. The Morgan fingerprint density at radius 3 is 2.63 bits per heavy atom. The molecule has 2 amide bonds. The molecule has 2 aliphatic rings. The Morgan fingerprint density at radius 2 is 1.96 bits per heavy atom. The van der Waals surface area contributed by atoms with Crippen LogP contribution < -0.4 is 4.74 Å². The van der Waals surface area contributed by atoms with Crippen molar-refractivity contribution in [3.05, 3.63) is 29.8 Å². The molecule has 0 aliphatic carbocycles. The van der Waals surface area contributed by atoms with E-state index in [1.807, 2.05) is 31.2 Å². The van der Waals surface area contributed by atoms with E-state index in [1.165, 1.54) is 0 Å². The van der Waals surface area contributed by atoms with Crippen LogP contribution in [0.4, 0.5) is 0 Å². The van der Waals surface area contributed by atoms with E-state index in [1.54, 1.807) is 24.0 Å². The van der Waals surface area contributed by atoms with Crippen LogP contribution in [0.5, 0.6) is 5.75 Å². The highest BCUT2D eigenvalue weighted by atomic mass is 16.5. The molecule has 2 saturated heterocycles. The molecule has 2 heterocycles. The number of likely N-dealkylation sites (N-methyl/N-ethyl adjacent to an activating group) is 1. The average Bonchev–Trinajstić information content (AvgIpc) is 2.98. The molecular formula is C21H31N3O3. The molecular weight excluding hydrogens is 342 g/mol. The maximum absolute atomic E-state index is 12.9. The van der Waals surface area contributed by atoms with E-state index in [0.29, 0.717) is 13.0 Å². The number of piperidine rings is 1. The first kappa shape index (κ1) is 19.7. The predicted octanol–water partition coefficient (Wildman–Crippen LogP) is 2.16. The molecule has 2 aliphatic heterocycles. The van der Waals surface area contributed by atoms with Crippen molar-refractivity contribution in [2.24, 2.45) is 5.41 Å². The number of para-hydroxylation sites is 1. The minimum absolute atomic E-state index is 0.0354. The topological polar surface area (TPSA) is 53.1 Å². The number of likely N-dealkylation sites (tertiary alicyclic amines) is 2. The SMILES string of the molecule is COc1ccccc1[C@H](C)N(C)C(=O)CN1CC2(CCN(C)CC2)CC1=O. The van der Waals surface area contributed by atoms with Gasteiger partial charge in [-0.1, -0.05) is 18.2 Å². The van der Waals surface area contributed by atoms with E-state index in [0.717, 1.165) is 37.2 Å². The molecule has 0 N–H and O–H groups in total. The summed E-state index contributed by atoms with van der Waals surface area (Å²) in [5, 5.41) is 0. The zero-order chi connectivity index (χ0) is 19.6. The quantitative estimate of drug-likeness (QED) is 0.794. The number of hydrogen-bond acceptors (Lipinski definition) is 4. The summed E-state index contributed by atoms with van der Waals surface area (Å²) in [6, 6.07) is 7.62. The summed E-state index contributed by atoms with van der Waals surface area (Å²) >= 11 is 0. The summed E-state index contributed by atoms with van der Waals surface area (Å²) in [5.41, 5.74) is 1.03. The molecule has 0 radical (unpaired) electrons. The zero-order valence-corrected chi connectivity index (χ0v) is 16.9. The van der Waals surface area contributed by atoms with Gasteiger partial charge in [-0.15, -0.1) is 0 Å². The second-order valence-electron chi connectivity index (χ2n) is 8.15. The van der Waals surface area contributed by atoms with Gasteiger partial charge in [-0.05, 0) is 51.4 Å². The summed E-state index contributed by atoms with van der Waals surface area (Å²) < 4.78 is 5.42. The first-order valence-electron chi connectivity index (χ1n) is 9.70. The van der Waals surface area contributed by atoms with Gasteiger partial charge in [0, 0.05) is 25.6 Å². The zero-order valence-electron chi connectivity index (χ0n) is 16.9. The van der Waals surface area contributed by atoms with Crippen molar-refractivity contribution in [3.8, 4) is 5.75 Å². The first-order chi connectivity index (χ1) is 12.8. The van der Waals surface area contributed by atoms with Crippen molar-refractivity contribution in [1.29, 1.82) is 0 Å². The maximum atomic E-state index is 12.9. The Balaban J connectivity index is 1.63. The van der Waals surface area contributed by atoms with Gasteiger partial charge in [0.05, 0.1) is 19.7 Å². The Labute approximate surface area is 162 Å². The molecule has 2 fully saturated rings. The monoisotopic (exact) mass is 373 g/mol. The number of ether oxygens (including phenoxy) is 1. The lowest BCUT2D eigenvalue weighted by molar-refractivity contribution is -0.138. The number of carbonyl (C=O) groups excluding carboxylic acids is 2. The minimum atomic E-state index is -0.122. The van der Waals surface area contributed by atoms with Crippen LogP contribution in [0, 0.1) is 5.41 Å². The van der Waals surface area contributed by atoms with Crippen LogP contribution in [0.2, 0.25) is 0 Å². The molecule has 1 aromatic rings. The van der Waals surface area contributed by atoms with Crippen LogP contribution in [0.25, 0.3) is 0 Å². The van der Waals surface area contributed by atoms with Crippen LogP contribution in [-0.4, -0.2) is 73.9 Å². The Bertz CT molecular complexity index is 698. The number of carbonyl (C=O) groups is 2. The summed E-state index contributed by atoms with van der Waals surface area (Å²) in [7, 11) is 5.56. The van der Waals surface area contributed by atoms with E-state index in [4.69, 9.17) is 4.74 Å². The second-order valence-corrected chi connectivity index (χ2v) is 8.15. The molecule has 0 bridgehead atoms. The predicted molar refractivity (Wildman–Crippen MR) is 105 cm³/mol. The third-order valence-electron chi connectivity index (χ3n) is 6.34. The molecule has 0 aromatic heterocycles. The lowest BCUT2D eigenvalue weighted by Crippen LogP contribution is -2.42. The normalized spacial score (nSPS) is 20.7. The Morgan fingerprint density at radius 1 is 1.30 bits per heavy atom. The lowest BCUT2D eigenvalue weighted by atomic mass is 9.78. The van der Waals surface area contributed by atoms with Crippen LogP contribution in [0.3, 0.4) is 0 Å². The lowest BCUT2D eigenvalue weighted by Gasteiger charge is -2.37.